The monoisotopic (exact) mass is 300 g/mol. The van der Waals surface area contributed by atoms with Crippen LogP contribution in [0.5, 0.6) is 0 Å². The lowest BCUT2D eigenvalue weighted by Crippen LogP contribution is -2.35. The zero-order valence-electron chi connectivity index (χ0n) is 10.3. The van der Waals surface area contributed by atoms with Crippen LogP contribution < -0.4 is 0 Å². The lowest BCUT2D eigenvalue weighted by Gasteiger charge is -2.17. The highest BCUT2D eigenvalue weighted by atomic mass is 35.5. The third-order valence-electron chi connectivity index (χ3n) is 2.86. The Labute approximate surface area is 121 Å². The number of amides is 1. The van der Waals surface area contributed by atoms with Crippen LogP contribution >= 0.6 is 23.2 Å². The molecule has 6 heteroatoms. The summed E-state index contributed by atoms with van der Waals surface area (Å²) in [5, 5.41) is 4.27. The van der Waals surface area contributed by atoms with Crippen molar-refractivity contribution in [2.24, 2.45) is 5.16 Å². The van der Waals surface area contributed by atoms with E-state index in [-0.39, 0.29) is 5.91 Å². The Balaban J connectivity index is 1.87. The molecule has 4 nitrogen and oxygen atoms in total. The van der Waals surface area contributed by atoms with Gasteiger partial charge in [-0.25, -0.2) is 0 Å². The molecule has 102 valence electrons. The summed E-state index contributed by atoms with van der Waals surface area (Å²) in [5.74, 6) is -0.240. The van der Waals surface area contributed by atoms with Crippen molar-refractivity contribution in [1.82, 2.24) is 4.90 Å². The second kappa shape index (κ2) is 6.78. The van der Waals surface area contributed by atoms with Crippen molar-refractivity contribution in [3.8, 4) is 0 Å². The number of likely N-dealkylation sites (tertiary alicyclic amines) is 1. The van der Waals surface area contributed by atoms with Crippen molar-refractivity contribution >= 4 is 35.3 Å². The fraction of sp³-hybridized carbons (Fsp3) is 0.385. The second-order valence-electron chi connectivity index (χ2n) is 4.21. The van der Waals surface area contributed by atoms with E-state index in [1.807, 2.05) is 12.1 Å². The molecule has 2 rings (SSSR count). The van der Waals surface area contributed by atoms with E-state index in [1.165, 1.54) is 6.21 Å². The first kappa shape index (κ1) is 14.2. The molecule has 0 saturated carbocycles. The number of carbonyl (C=O) groups is 1. The van der Waals surface area contributed by atoms with Crippen LogP contribution in [0.2, 0.25) is 5.02 Å². The molecule has 1 fully saturated rings. The van der Waals surface area contributed by atoms with Crippen molar-refractivity contribution in [2.75, 3.05) is 13.1 Å². The summed E-state index contributed by atoms with van der Waals surface area (Å²) >= 11 is 11.8. The van der Waals surface area contributed by atoms with Gasteiger partial charge >= 0.3 is 0 Å². The van der Waals surface area contributed by atoms with Crippen LogP contribution in [0.4, 0.5) is 0 Å². The summed E-state index contributed by atoms with van der Waals surface area (Å²) in [4.78, 5) is 18.5. The van der Waals surface area contributed by atoms with Gasteiger partial charge in [0.05, 0.1) is 6.21 Å². The Morgan fingerprint density at radius 1 is 1.37 bits per heavy atom. The smallest absolute Gasteiger partial charge is 0.282 e. The molecule has 1 aromatic carbocycles. The molecular formula is C13H14Cl2N2O2. The van der Waals surface area contributed by atoms with E-state index in [0.717, 1.165) is 25.9 Å². The maximum absolute atomic E-state index is 11.8. The Hall–Kier alpha value is -1.26. The van der Waals surface area contributed by atoms with E-state index in [9.17, 15) is 4.79 Å². The first-order valence-electron chi connectivity index (χ1n) is 6.05. The third kappa shape index (κ3) is 3.85. The number of alkyl halides is 1. The lowest BCUT2D eigenvalue weighted by molar-refractivity contribution is -0.137. The topological polar surface area (TPSA) is 41.9 Å². The second-order valence-corrected chi connectivity index (χ2v) is 5.01. The van der Waals surface area contributed by atoms with Crippen molar-refractivity contribution in [3.05, 3.63) is 34.9 Å². The van der Waals surface area contributed by atoms with Crippen LogP contribution in [-0.2, 0) is 9.63 Å². The van der Waals surface area contributed by atoms with Gasteiger partial charge in [-0.3, -0.25) is 4.79 Å². The van der Waals surface area contributed by atoms with Crippen LogP contribution in [0, 0.1) is 0 Å². The van der Waals surface area contributed by atoms with Gasteiger partial charge in [0, 0.05) is 23.7 Å². The third-order valence-corrected chi connectivity index (χ3v) is 3.47. The van der Waals surface area contributed by atoms with Gasteiger partial charge in [-0.2, -0.15) is 0 Å². The number of nitrogens with zero attached hydrogens (tertiary/aromatic N) is 2. The first-order valence-corrected chi connectivity index (χ1v) is 6.86. The molecule has 0 aliphatic carbocycles. The van der Waals surface area contributed by atoms with Gasteiger partial charge < -0.3 is 9.74 Å². The minimum Gasteiger partial charge on any atom is -0.366 e. The number of oxime groups is 1. The van der Waals surface area contributed by atoms with E-state index >= 15 is 0 Å². The molecule has 0 radical (unpaired) electrons. The van der Waals surface area contributed by atoms with Crippen LogP contribution in [0.25, 0.3) is 0 Å². The predicted octanol–water partition coefficient (Wildman–Crippen LogP) is 2.88. The maximum atomic E-state index is 11.8. The minimum atomic E-state index is -1.09. The number of hydrogen-bond acceptors (Lipinski definition) is 3. The van der Waals surface area contributed by atoms with Gasteiger partial charge in [-0.1, -0.05) is 46.6 Å². The lowest BCUT2D eigenvalue weighted by atomic mass is 10.2. The van der Waals surface area contributed by atoms with Gasteiger partial charge in [0.2, 0.25) is 0 Å². The molecule has 0 bridgehead atoms. The van der Waals surface area contributed by atoms with E-state index < -0.39 is 5.56 Å². The van der Waals surface area contributed by atoms with Crippen LogP contribution in [0.1, 0.15) is 18.4 Å². The quantitative estimate of drug-likeness (QED) is 0.487. The Bertz CT molecular complexity index is 473. The summed E-state index contributed by atoms with van der Waals surface area (Å²) in [6.45, 7) is 1.47. The molecule has 1 saturated heterocycles. The molecule has 1 atom stereocenters. The number of carbonyl (C=O) groups excluding carboxylic acids is 1. The van der Waals surface area contributed by atoms with Crippen LogP contribution in [0.3, 0.4) is 0 Å². The highest BCUT2D eigenvalue weighted by molar-refractivity contribution is 6.33. The van der Waals surface area contributed by atoms with Gasteiger partial charge in [0.15, 0.2) is 0 Å². The molecule has 1 amide bonds. The van der Waals surface area contributed by atoms with Crippen LogP contribution in [0.15, 0.2) is 29.4 Å². The van der Waals surface area contributed by atoms with Crippen molar-refractivity contribution < 1.29 is 9.63 Å². The summed E-state index contributed by atoms with van der Waals surface area (Å²) in [6.07, 6.45) is 3.46. The SMILES string of the molecule is O=C(C(Cl)ON=Cc1ccccc1Cl)N1CCCC1. The highest BCUT2D eigenvalue weighted by Gasteiger charge is 2.26. The van der Waals surface area contributed by atoms with Gasteiger partial charge in [-0.15, -0.1) is 0 Å². The molecule has 0 N–H and O–H groups in total. The standard InChI is InChI=1S/C13H14Cl2N2O2/c14-11-6-2-1-5-10(11)9-16-19-12(15)13(18)17-7-3-4-8-17/h1-2,5-6,9,12H,3-4,7-8H2. The zero-order valence-corrected chi connectivity index (χ0v) is 11.8. The van der Waals surface area contributed by atoms with E-state index in [4.69, 9.17) is 28.0 Å². The van der Waals surface area contributed by atoms with E-state index in [2.05, 4.69) is 5.16 Å². The van der Waals surface area contributed by atoms with Crippen molar-refractivity contribution in [2.45, 2.75) is 18.4 Å². The van der Waals surface area contributed by atoms with Gasteiger partial charge in [0.25, 0.3) is 11.5 Å². The molecule has 1 aliphatic rings. The average Bonchev–Trinajstić information content (AvgIpc) is 2.94. The Kier molecular flexibility index (Phi) is 5.05. The summed E-state index contributed by atoms with van der Waals surface area (Å²) in [7, 11) is 0. The van der Waals surface area contributed by atoms with E-state index in [0.29, 0.717) is 10.6 Å². The summed E-state index contributed by atoms with van der Waals surface area (Å²) in [5.41, 5.74) is -0.376. The molecule has 1 heterocycles. The molecule has 1 aromatic rings. The largest absolute Gasteiger partial charge is 0.366 e. The Morgan fingerprint density at radius 2 is 2.05 bits per heavy atom. The molecule has 0 aromatic heterocycles. The van der Waals surface area contributed by atoms with Crippen LogP contribution in [-0.4, -0.2) is 35.7 Å². The number of rotatable bonds is 4. The zero-order chi connectivity index (χ0) is 13.7. The van der Waals surface area contributed by atoms with E-state index in [1.54, 1.807) is 17.0 Å². The Morgan fingerprint density at radius 3 is 2.74 bits per heavy atom. The minimum absolute atomic E-state index is 0.240. The van der Waals surface area contributed by atoms with Gasteiger partial charge in [0.1, 0.15) is 0 Å². The highest BCUT2D eigenvalue weighted by Crippen LogP contribution is 2.14. The predicted molar refractivity (Wildman–Crippen MR) is 75.6 cm³/mol. The maximum Gasteiger partial charge on any atom is 0.282 e. The normalized spacial score (nSPS) is 16.8. The molecule has 19 heavy (non-hydrogen) atoms. The average molecular weight is 301 g/mol. The number of benzene rings is 1. The van der Waals surface area contributed by atoms with Crippen molar-refractivity contribution in [3.63, 3.8) is 0 Å². The molecular weight excluding hydrogens is 287 g/mol. The molecule has 1 unspecified atom stereocenters. The summed E-state index contributed by atoms with van der Waals surface area (Å²) in [6, 6.07) is 7.19. The fourth-order valence-corrected chi connectivity index (χ4v) is 2.22. The number of hydrogen-bond donors (Lipinski definition) is 0. The fourth-order valence-electron chi connectivity index (χ4n) is 1.85. The molecule has 0 spiro atoms. The summed E-state index contributed by atoms with van der Waals surface area (Å²) < 4.78 is 0. The van der Waals surface area contributed by atoms with Crippen molar-refractivity contribution in [1.29, 1.82) is 0 Å². The first-order chi connectivity index (χ1) is 9.18. The van der Waals surface area contributed by atoms with Gasteiger partial charge in [-0.05, 0) is 18.9 Å². The number of halogens is 2. The molecule has 1 aliphatic heterocycles.